The summed E-state index contributed by atoms with van der Waals surface area (Å²) in [6, 6.07) is 14.6. The van der Waals surface area contributed by atoms with Crippen LogP contribution in [-0.2, 0) is 6.54 Å². The van der Waals surface area contributed by atoms with Gasteiger partial charge in [0.25, 0.3) is 0 Å². The zero-order valence-corrected chi connectivity index (χ0v) is 12.7. The lowest BCUT2D eigenvalue weighted by Crippen LogP contribution is -2.17. The van der Waals surface area contributed by atoms with E-state index in [2.05, 4.69) is 39.7 Å². The van der Waals surface area contributed by atoms with E-state index >= 15 is 0 Å². The Kier molecular flexibility index (Phi) is 4.38. The van der Waals surface area contributed by atoms with Gasteiger partial charge in [-0.2, -0.15) is 0 Å². The number of nitrogens with zero attached hydrogens (tertiary/aromatic N) is 2. The lowest BCUT2D eigenvalue weighted by molar-refractivity contribution is 0.573. The molecular formula is C17H17N3S. The van der Waals surface area contributed by atoms with Gasteiger partial charge in [-0.25, -0.2) is 4.98 Å². The molecule has 21 heavy (non-hydrogen) atoms. The Hall–Kier alpha value is -2.04. The molecule has 1 atom stereocenters. The molecule has 0 unspecified atom stereocenters. The highest BCUT2D eigenvalue weighted by Crippen LogP contribution is 2.22. The van der Waals surface area contributed by atoms with Crippen molar-refractivity contribution in [1.29, 1.82) is 0 Å². The summed E-state index contributed by atoms with van der Waals surface area (Å²) >= 11 is 1.70. The van der Waals surface area contributed by atoms with Crippen molar-refractivity contribution in [3.05, 3.63) is 70.8 Å². The van der Waals surface area contributed by atoms with Crippen LogP contribution in [0.15, 0.2) is 60.2 Å². The Morgan fingerprint density at radius 1 is 1.10 bits per heavy atom. The summed E-state index contributed by atoms with van der Waals surface area (Å²) in [5.41, 5.74) is 3.46. The molecule has 3 aromatic rings. The highest BCUT2D eigenvalue weighted by atomic mass is 32.1. The molecule has 0 spiro atoms. The van der Waals surface area contributed by atoms with Gasteiger partial charge in [-0.3, -0.25) is 4.98 Å². The lowest BCUT2D eigenvalue weighted by Gasteiger charge is -2.12. The smallest absolute Gasteiger partial charge is 0.107 e. The Morgan fingerprint density at radius 3 is 2.62 bits per heavy atom. The van der Waals surface area contributed by atoms with E-state index in [0.717, 1.165) is 17.2 Å². The molecule has 1 aromatic carbocycles. The minimum absolute atomic E-state index is 0.289. The van der Waals surface area contributed by atoms with E-state index in [-0.39, 0.29) is 6.04 Å². The third kappa shape index (κ3) is 3.54. The second-order valence-electron chi connectivity index (χ2n) is 4.88. The summed E-state index contributed by atoms with van der Waals surface area (Å²) in [5.74, 6) is 0. The Balaban J connectivity index is 1.63. The molecule has 0 bridgehead atoms. The topological polar surface area (TPSA) is 37.8 Å². The van der Waals surface area contributed by atoms with Crippen LogP contribution in [0, 0.1) is 0 Å². The predicted octanol–water partition coefficient (Wildman–Crippen LogP) is 4.06. The van der Waals surface area contributed by atoms with E-state index in [1.165, 1.54) is 11.1 Å². The summed E-state index contributed by atoms with van der Waals surface area (Å²) in [5, 5.41) is 6.72. The first-order valence-corrected chi connectivity index (χ1v) is 7.84. The van der Waals surface area contributed by atoms with Crippen molar-refractivity contribution >= 4 is 11.3 Å². The van der Waals surface area contributed by atoms with Gasteiger partial charge in [-0.05, 0) is 24.6 Å². The third-order valence-corrected chi connectivity index (χ3v) is 4.24. The van der Waals surface area contributed by atoms with Crippen LogP contribution in [-0.4, -0.2) is 9.97 Å². The average Bonchev–Trinajstić information content (AvgIpc) is 3.03. The van der Waals surface area contributed by atoms with E-state index in [1.54, 1.807) is 11.3 Å². The molecule has 0 amide bonds. The van der Waals surface area contributed by atoms with Gasteiger partial charge in [-0.15, -0.1) is 11.3 Å². The van der Waals surface area contributed by atoms with Gasteiger partial charge in [-0.1, -0.05) is 30.3 Å². The largest absolute Gasteiger partial charge is 0.304 e. The van der Waals surface area contributed by atoms with Gasteiger partial charge < -0.3 is 5.32 Å². The predicted molar refractivity (Wildman–Crippen MR) is 87.0 cm³/mol. The van der Waals surface area contributed by atoms with Crippen molar-refractivity contribution in [2.75, 3.05) is 0 Å². The van der Waals surface area contributed by atoms with Crippen LogP contribution < -0.4 is 5.32 Å². The zero-order valence-electron chi connectivity index (χ0n) is 11.9. The highest BCUT2D eigenvalue weighted by molar-refractivity contribution is 7.09. The van der Waals surface area contributed by atoms with E-state index < -0.39 is 0 Å². The normalized spacial score (nSPS) is 12.2. The molecule has 4 heteroatoms. The molecule has 0 aliphatic carbocycles. The quantitative estimate of drug-likeness (QED) is 0.771. The van der Waals surface area contributed by atoms with Crippen molar-refractivity contribution < 1.29 is 0 Å². The van der Waals surface area contributed by atoms with Crippen LogP contribution in [0.3, 0.4) is 0 Å². The number of nitrogens with one attached hydrogen (secondary N) is 1. The molecule has 2 aromatic heterocycles. The molecule has 0 saturated heterocycles. The number of hydrogen-bond acceptors (Lipinski definition) is 4. The van der Waals surface area contributed by atoms with Crippen LogP contribution in [0.2, 0.25) is 0 Å². The van der Waals surface area contributed by atoms with Gasteiger partial charge in [0.15, 0.2) is 0 Å². The van der Waals surface area contributed by atoms with E-state index in [9.17, 15) is 0 Å². The van der Waals surface area contributed by atoms with E-state index in [0.29, 0.717) is 0 Å². The monoisotopic (exact) mass is 295 g/mol. The molecule has 0 saturated carbocycles. The molecule has 0 radical (unpaired) electrons. The molecule has 0 aliphatic heterocycles. The summed E-state index contributed by atoms with van der Waals surface area (Å²) in [6.07, 6.45) is 3.65. The van der Waals surface area contributed by atoms with Crippen molar-refractivity contribution in [3.63, 3.8) is 0 Å². The van der Waals surface area contributed by atoms with Gasteiger partial charge in [0.1, 0.15) is 5.01 Å². The summed E-state index contributed by atoms with van der Waals surface area (Å²) in [4.78, 5) is 8.73. The minimum Gasteiger partial charge on any atom is -0.304 e. The zero-order chi connectivity index (χ0) is 14.5. The van der Waals surface area contributed by atoms with Gasteiger partial charge in [0, 0.05) is 35.9 Å². The third-order valence-electron chi connectivity index (χ3n) is 3.39. The molecular weight excluding hydrogens is 278 g/mol. The molecule has 106 valence electrons. The van der Waals surface area contributed by atoms with Crippen LogP contribution >= 0.6 is 11.3 Å². The molecule has 1 N–H and O–H groups in total. The second-order valence-corrected chi connectivity index (χ2v) is 5.82. The highest BCUT2D eigenvalue weighted by Gasteiger charge is 2.07. The van der Waals surface area contributed by atoms with Gasteiger partial charge in [0.2, 0.25) is 0 Å². The molecule has 3 rings (SSSR count). The summed E-state index contributed by atoms with van der Waals surface area (Å²) in [6.45, 7) is 2.93. The average molecular weight is 295 g/mol. The number of thiazole rings is 1. The number of benzene rings is 1. The SMILES string of the molecule is C[C@@H](NCc1nc(-c2ccccc2)cs1)c1ccncc1. The van der Waals surface area contributed by atoms with Gasteiger partial charge >= 0.3 is 0 Å². The minimum atomic E-state index is 0.289. The lowest BCUT2D eigenvalue weighted by atomic mass is 10.1. The fraction of sp³-hybridized carbons (Fsp3) is 0.176. The van der Waals surface area contributed by atoms with Crippen molar-refractivity contribution in [2.24, 2.45) is 0 Å². The standard InChI is InChI=1S/C17H17N3S/c1-13(14-7-9-18-10-8-14)19-11-17-20-16(12-21-17)15-5-3-2-4-6-15/h2-10,12-13,19H,11H2,1H3/t13-/m1/s1. The summed E-state index contributed by atoms with van der Waals surface area (Å²) < 4.78 is 0. The molecule has 0 aliphatic rings. The number of aromatic nitrogens is 2. The van der Waals surface area contributed by atoms with Crippen LogP contribution in [0.4, 0.5) is 0 Å². The first-order valence-electron chi connectivity index (χ1n) is 6.96. The molecule has 0 fully saturated rings. The second kappa shape index (κ2) is 6.61. The molecule has 3 nitrogen and oxygen atoms in total. The van der Waals surface area contributed by atoms with Crippen molar-refractivity contribution in [2.45, 2.75) is 19.5 Å². The van der Waals surface area contributed by atoms with E-state index in [1.807, 2.05) is 42.7 Å². The van der Waals surface area contributed by atoms with E-state index in [4.69, 9.17) is 0 Å². The van der Waals surface area contributed by atoms with Crippen LogP contribution in [0.25, 0.3) is 11.3 Å². The maximum atomic E-state index is 4.69. The summed E-state index contributed by atoms with van der Waals surface area (Å²) in [7, 11) is 0. The first-order chi connectivity index (χ1) is 10.3. The number of rotatable bonds is 5. The number of pyridine rings is 1. The Morgan fingerprint density at radius 2 is 1.86 bits per heavy atom. The van der Waals surface area contributed by atoms with Crippen LogP contribution in [0.5, 0.6) is 0 Å². The van der Waals surface area contributed by atoms with Crippen LogP contribution in [0.1, 0.15) is 23.5 Å². The fourth-order valence-electron chi connectivity index (χ4n) is 2.14. The Labute approximate surface area is 128 Å². The fourth-order valence-corrected chi connectivity index (χ4v) is 2.90. The number of hydrogen-bond donors (Lipinski definition) is 1. The Bertz CT molecular complexity index is 680. The maximum Gasteiger partial charge on any atom is 0.107 e. The maximum absolute atomic E-state index is 4.69. The van der Waals surface area contributed by atoms with Gasteiger partial charge in [0.05, 0.1) is 5.69 Å². The van der Waals surface area contributed by atoms with Crippen molar-refractivity contribution in [1.82, 2.24) is 15.3 Å². The first kappa shape index (κ1) is 13.9. The van der Waals surface area contributed by atoms with Crippen molar-refractivity contribution in [3.8, 4) is 11.3 Å². The molecule has 2 heterocycles.